The molecule has 1 heterocycles. The van der Waals surface area contributed by atoms with Gasteiger partial charge in [-0.1, -0.05) is 26.5 Å². The molecule has 0 aromatic heterocycles. The van der Waals surface area contributed by atoms with Gasteiger partial charge in [0.2, 0.25) is 0 Å². The Morgan fingerprint density at radius 3 is 2.75 bits per heavy atom. The van der Waals surface area contributed by atoms with Crippen molar-refractivity contribution in [2.45, 2.75) is 26.7 Å². The number of thiol groups is 1. The van der Waals surface area contributed by atoms with E-state index in [1.165, 1.54) is 6.42 Å². The number of rotatable bonds is 1. The van der Waals surface area contributed by atoms with E-state index in [9.17, 15) is 4.79 Å². The molecule has 0 bridgehead atoms. The van der Waals surface area contributed by atoms with E-state index in [0.717, 1.165) is 19.5 Å². The number of carbonyl (C=O) groups is 1. The molecule has 12 heavy (non-hydrogen) atoms. The summed E-state index contributed by atoms with van der Waals surface area (Å²) >= 11 is 3.84. The van der Waals surface area contributed by atoms with Crippen LogP contribution in [0.2, 0.25) is 0 Å². The second-order valence-electron chi connectivity index (χ2n) is 3.87. The standard InChI is InChI=1S/C9H17NOS/c1-7(2)8-4-3-5-10(6-8)9(11)12/h7-8H,3-6H2,1-2H3,(H,11,12). The van der Waals surface area contributed by atoms with Gasteiger partial charge in [0.1, 0.15) is 0 Å². The summed E-state index contributed by atoms with van der Waals surface area (Å²) in [5, 5.41) is -0.0691. The summed E-state index contributed by atoms with van der Waals surface area (Å²) in [4.78, 5) is 12.8. The Bertz CT molecular complexity index is 170. The number of hydrogen-bond donors (Lipinski definition) is 1. The molecule has 0 aromatic rings. The molecule has 1 atom stereocenters. The molecule has 2 nitrogen and oxygen atoms in total. The molecule has 0 aliphatic carbocycles. The molecule has 1 aliphatic rings. The average molecular weight is 187 g/mol. The van der Waals surface area contributed by atoms with Crippen LogP contribution in [0.5, 0.6) is 0 Å². The summed E-state index contributed by atoms with van der Waals surface area (Å²) < 4.78 is 0. The van der Waals surface area contributed by atoms with Gasteiger partial charge < -0.3 is 4.90 Å². The van der Waals surface area contributed by atoms with Gasteiger partial charge in [0, 0.05) is 13.1 Å². The predicted molar refractivity (Wildman–Crippen MR) is 53.5 cm³/mol. The Hall–Kier alpha value is -0.180. The van der Waals surface area contributed by atoms with Crippen LogP contribution in [0.25, 0.3) is 0 Å². The van der Waals surface area contributed by atoms with E-state index < -0.39 is 0 Å². The van der Waals surface area contributed by atoms with Crippen LogP contribution in [0.15, 0.2) is 0 Å². The van der Waals surface area contributed by atoms with Gasteiger partial charge in [-0.15, -0.1) is 0 Å². The fourth-order valence-electron chi connectivity index (χ4n) is 1.73. The zero-order valence-electron chi connectivity index (χ0n) is 7.79. The van der Waals surface area contributed by atoms with Crippen LogP contribution in [0, 0.1) is 11.8 Å². The van der Waals surface area contributed by atoms with Gasteiger partial charge >= 0.3 is 0 Å². The molecule has 70 valence electrons. The maximum atomic E-state index is 11.0. The summed E-state index contributed by atoms with van der Waals surface area (Å²) in [5.41, 5.74) is 0. The van der Waals surface area contributed by atoms with Gasteiger partial charge in [0.25, 0.3) is 5.24 Å². The van der Waals surface area contributed by atoms with Crippen molar-refractivity contribution in [3.8, 4) is 0 Å². The number of nitrogens with zero attached hydrogens (tertiary/aromatic N) is 1. The lowest BCUT2D eigenvalue weighted by Crippen LogP contribution is -2.38. The Balaban J connectivity index is 2.46. The first-order chi connectivity index (χ1) is 5.61. The normalized spacial score (nSPS) is 24.7. The highest BCUT2D eigenvalue weighted by atomic mass is 32.1. The third-order valence-electron chi connectivity index (χ3n) is 2.67. The Kier molecular flexibility index (Phi) is 3.44. The minimum atomic E-state index is -0.0691. The van der Waals surface area contributed by atoms with Crippen molar-refractivity contribution in [3.05, 3.63) is 0 Å². The predicted octanol–water partition coefficient (Wildman–Crippen LogP) is 2.40. The van der Waals surface area contributed by atoms with Gasteiger partial charge in [0.15, 0.2) is 0 Å². The smallest absolute Gasteiger partial charge is 0.278 e. The number of amides is 1. The topological polar surface area (TPSA) is 20.3 Å². The van der Waals surface area contributed by atoms with E-state index in [2.05, 4.69) is 26.5 Å². The molecule has 1 amide bonds. The average Bonchev–Trinajstić information content (AvgIpc) is 2.04. The third kappa shape index (κ3) is 2.41. The molecule has 1 unspecified atom stereocenters. The van der Waals surface area contributed by atoms with E-state index in [-0.39, 0.29) is 5.24 Å². The molecule has 0 N–H and O–H groups in total. The summed E-state index contributed by atoms with van der Waals surface area (Å²) in [6.07, 6.45) is 2.39. The van der Waals surface area contributed by atoms with Crippen LogP contribution in [0.1, 0.15) is 26.7 Å². The van der Waals surface area contributed by atoms with Gasteiger partial charge in [-0.05, 0) is 24.7 Å². The number of hydrogen-bond acceptors (Lipinski definition) is 1. The van der Waals surface area contributed by atoms with Crippen LogP contribution in [0.4, 0.5) is 4.79 Å². The highest BCUT2D eigenvalue weighted by Crippen LogP contribution is 2.23. The molecule has 0 radical (unpaired) electrons. The van der Waals surface area contributed by atoms with Crippen molar-refractivity contribution in [1.29, 1.82) is 0 Å². The molecule has 3 heteroatoms. The first-order valence-electron chi connectivity index (χ1n) is 4.59. The monoisotopic (exact) mass is 187 g/mol. The van der Waals surface area contributed by atoms with Crippen molar-refractivity contribution in [2.75, 3.05) is 13.1 Å². The van der Waals surface area contributed by atoms with Crippen molar-refractivity contribution < 1.29 is 4.79 Å². The maximum absolute atomic E-state index is 11.0. The van der Waals surface area contributed by atoms with E-state index in [1.807, 2.05) is 4.90 Å². The summed E-state index contributed by atoms with van der Waals surface area (Å²) in [6.45, 7) is 6.24. The van der Waals surface area contributed by atoms with E-state index in [1.54, 1.807) is 0 Å². The molecule has 0 saturated carbocycles. The SMILES string of the molecule is CC(C)C1CCCN(C(=O)S)C1. The first kappa shape index (κ1) is 9.90. The van der Waals surface area contributed by atoms with Crippen LogP contribution < -0.4 is 0 Å². The van der Waals surface area contributed by atoms with E-state index in [4.69, 9.17) is 0 Å². The molecule has 1 fully saturated rings. The maximum Gasteiger partial charge on any atom is 0.278 e. The molecule has 0 aromatic carbocycles. The second kappa shape index (κ2) is 4.17. The fraction of sp³-hybridized carbons (Fsp3) is 0.889. The fourth-order valence-corrected chi connectivity index (χ4v) is 1.91. The van der Waals surface area contributed by atoms with Crippen LogP contribution in [0.3, 0.4) is 0 Å². The van der Waals surface area contributed by atoms with E-state index >= 15 is 0 Å². The molecule has 0 spiro atoms. The van der Waals surface area contributed by atoms with Gasteiger partial charge in [0.05, 0.1) is 0 Å². The summed E-state index contributed by atoms with van der Waals surface area (Å²) in [5.74, 6) is 1.36. The van der Waals surface area contributed by atoms with Crippen LogP contribution in [-0.2, 0) is 0 Å². The second-order valence-corrected chi connectivity index (χ2v) is 4.26. The third-order valence-corrected chi connectivity index (χ3v) is 2.95. The Labute approximate surface area is 79.7 Å². The van der Waals surface area contributed by atoms with Gasteiger partial charge in [-0.2, -0.15) is 0 Å². The first-order valence-corrected chi connectivity index (χ1v) is 5.04. The molecular formula is C9H17NOS. The lowest BCUT2D eigenvalue weighted by molar-refractivity contribution is 0.168. The Morgan fingerprint density at radius 1 is 1.58 bits per heavy atom. The van der Waals surface area contributed by atoms with Crippen LogP contribution in [-0.4, -0.2) is 23.2 Å². The minimum absolute atomic E-state index is 0.0691. The number of carbonyl (C=O) groups excluding carboxylic acids is 1. The lowest BCUT2D eigenvalue weighted by Gasteiger charge is -2.33. The molecule has 1 aliphatic heterocycles. The van der Waals surface area contributed by atoms with Gasteiger partial charge in [-0.25, -0.2) is 0 Å². The van der Waals surface area contributed by atoms with Crippen molar-refractivity contribution >= 4 is 17.9 Å². The van der Waals surface area contributed by atoms with Gasteiger partial charge in [-0.3, -0.25) is 4.79 Å². The number of piperidine rings is 1. The molecule has 1 saturated heterocycles. The largest absolute Gasteiger partial charge is 0.334 e. The van der Waals surface area contributed by atoms with Crippen molar-refractivity contribution in [2.24, 2.45) is 11.8 Å². The zero-order chi connectivity index (χ0) is 9.14. The number of likely N-dealkylation sites (tertiary alicyclic amines) is 1. The van der Waals surface area contributed by atoms with Crippen molar-refractivity contribution in [1.82, 2.24) is 4.90 Å². The summed E-state index contributed by atoms with van der Waals surface area (Å²) in [6, 6.07) is 0. The molecule has 1 rings (SSSR count). The van der Waals surface area contributed by atoms with E-state index in [0.29, 0.717) is 11.8 Å². The van der Waals surface area contributed by atoms with Crippen LogP contribution >= 0.6 is 12.6 Å². The lowest BCUT2D eigenvalue weighted by atomic mass is 9.88. The zero-order valence-corrected chi connectivity index (χ0v) is 8.68. The Morgan fingerprint density at radius 2 is 2.25 bits per heavy atom. The highest BCUT2D eigenvalue weighted by Gasteiger charge is 2.23. The summed E-state index contributed by atoms with van der Waals surface area (Å²) in [7, 11) is 0. The minimum Gasteiger partial charge on any atom is -0.334 e. The quantitative estimate of drug-likeness (QED) is 0.625. The molecular weight excluding hydrogens is 170 g/mol. The van der Waals surface area contributed by atoms with Crippen molar-refractivity contribution in [3.63, 3.8) is 0 Å². The highest BCUT2D eigenvalue weighted by molar-refractivity contribution is 7.96.